The molecule has 6 heteroatoms. The topological polar surface area (TPSA) is 47.8 Å². The minimum Gasteiger partial charge on any atom is -0.299 e. The van der Waals surface area contributed by atoms with Gasteiger partial charge in [-0.1, -0.05) is 41.6 Å². The van der Waals surface area contributed by atoms with Gasteiger partial charge in [0.25, 0.3) is 0 Å². The van der Waals surface area contributed by atoms with E-state index in [0.29, 0.717) is 22.3 Å². The maximum absolute atomic E-state index is 14.2. The molecule has 0 unspecified atom stereocenters. The van der Waals surface area contributed by atoms with Crippen molar-refractivity contribution in [1.29, 1.82) is 0 Å². The zero-order valence-corrected chi connectivity index (χ0v) is 14.2. The summed E-state index contributed by atoms with van der Waals surface area (Å²) < 4.78 is 16.0. The van der Waals surface area contributed by atoms with Gasteiger partial charge in [0.15, 0.2) is 11.0 Å². The van der Waals surface area contributed by atoms with Crippen LogP contribution in [0.2, 0.25) is 0 Å². The number of ketones is 1. The van der Waals surface area contributed by atoms with E-state index in [1.165, 1.54) is 24.8 Å². The summed E-state index contributed by atoms with van der Waals surface area (Å²) in [6.07, 6.45) is 0. The van der Waals surface area contributed by atoms with Crippen molar-refractivity contribution in [2.75, 3.05) is 5.75 Å². The van der Waals surface area contributed by atoms with Gasteiger partial charge in [0.2, 0.25) is 0 Å². The molecular formula is C18H16FN3OS. The Bertz CT molecular complexity index is 874. The van der Waals surface area contributed by atoms with Crippen molar-refractivity contribution in [2.45, 2.75) is 19.0 Å². The Morgan fingerprint density at radius 1 is 1.12 bits per heavy atom. The van der Waals surface area contributed by atoms with Crippen molar-refractivity contribution in [3.8, 4) is 17.1 Å². The summed E-state index contributed by atoms with van der Waals surface area (Å²) in [5, 5.41) is 8.89. The number of Topliss-reactive ketones (excluding diaryl/α,β-unsaturated/α-hetero) is 1. The minimum absolute atomic E-state index is 0.0471. The highest BCUT2D eigenvalue weighted by Gasteiger charge is 2.18. The molecule has 0 bridgehead atoms. The number of hydrogen-bond donors (Lipinski definition) is 0. The Kier molecular flexibility index (Phi) is 4.76. The van der Waals surface area contributed by atoms with Crippen LogP contribution in [0.15, 0.2) is 53.7 Å². The van der Waals surface area contributed by atoms with Crippen LogP contribution in [0.25, 0.3) is 17.1 Å². The first-order valence-corrected chi connectivity index (χ1v) is 8.44. The number of halogens is 1. The molecule has 3 rings (SSSR count). The lowest BCUT2D eigenvalue weighted by atomic mass is 10.2. The van der Waals surface area contributed by atoms with E-state index < -0.39 is 0 Å². The summed E-state index contributed by atoms with van der Waals surface area (Å²) in [5.41, 5.74) is 2.33. The lowest BCUT2D eigenvalue weighted by molar-refractivity contribution is -0.114. The smallest absolute Gasteiger partial charge is 0.196 e. The number of rotatable bonds is 5. The normalized spacial score (nSPS) is 10.8. The van der Waals surface area contributed by atoms with Crippen LogP contribution >= 0.6 is 11.8 Å². The number of aryl methyl sites for hydroxylation is 1. The maximum Gasteiger partial charge on any atom is 0.196 e. The third-order valence-corrected chi connectivity index (χ3v) is 4.52. The SMILES string of the molecule is CC(=O)CSc1nnc(-c2ccccc2F)n1-c1ccc(C)cc1. The van der Waals surface area contributed by atoms with Crippen molar-refractivity contribution in [1.82, 2.24) is 14.8 Å². The molecule has 0 fully saturated rings. The second-order valence-corrected chi connectivity index (χ2v) is 6.39. The van der Waals surface area contributed by atoms with E-state index in [0.717, 1.165) is 11.3 Å². The van der Waals surface area contributed by atoms with Crippen LogP contribution in [-0.4, -0.2) is 26.3 Å². The third kappa shape index (κ3) is 3.38. The highest BCUT2D eigenvalue weighted by molar-refractivity contribution is 7.99. The van der Waals surface area contributed by atoms with Gasteiger partial charge in [-0.05, 0) is 38.1 Å². The molecule has 3 aromatic rings. The Hall–Kier alpha value is -2.47. The van der Waals surface area contributed by atoms with Gasteiger partial charge in [0.05, 0.1) is 11.3 Å². The summed E-state index contributed by atoms with van der Waals surface area (Å²) in [5.74, 6) is 0.400. The number of nitrogens with zero attached hydrogens (tertiary/aromatic N) is 3. The average molecular weight is 341 g/mol. The summed E-state index contributed by atoms with van der Waals surface area (Å²) in [7, 11) is 0. The molecule has 0 aliphatic heterocycles. The molecule has 2 aromatic carbocycles. The lowest BCUT2D eigenvalue weighted by Gasteiger charge is -2.11. The first-order chi connectivity index (χ1) is 11.6. The van der Waals surface area contributed by atoms with E-state index in [9.17, 15) is 9.18 Å². The first-order valence-electron chi connectivity index (χ1n) is 7.46. The summed E-state index contributed by atoms with van der Waals surface area (Å²) in [6.45, 7) is 3.52. The molecule has 0 N–H and O–H groups in total. The molecule has 0 radical (unpaired) electrons. The fraction of sp³-hybridized carbons (Fsp3) is 0.167. The molecule has 1 heterocycles. The monoisotopic (exact) mass is 341 g/mol. The van der Waals surface area contributed by atoms with Gasteiger partial charge in [-0.15, -0.1) is 10.2 Å². The highest BCUT2D eigenvalue weighted by atomic mass is 32.2. The molecule has 0 aliphatic carbocycles. The lowest BCUT2D eigenvalue weighted by Crippen LogP contribution is -2.02. The molecule has 0 aliphatic rings. The largest absolute Gasteiger partial charge is 0.299 e. The maximum atomic E-state index is 14.2. The molecule has 24 heavy (non-hydrogen) atoms. The minimum atomic E-state index is -0.360. The molecular weight excluding hydrogens is 325 g/mol. The molecule has 0 saturated carbocycles. The number of carbonyl (C=O) groups is 1. The van der Waals surface area contributed by atoms with E-state index in [-0.39, 0.29) is 11.6 Å². The van der Waals surface area contributed by atoms with E-state index in [2.05, 4.69) is 10.2 Å². The van der Waals surface area contributed by atoms with E-state index in [1.54, 1.807) is 22.8 Å². The second kappa shape index (κ2) is 6.97. The van der Waals surface area contributed by atoms with Crippen LogP contribution in [0.4, 0.5) is 4.39 Å². The van der Waals surface area contributed by atoms with Crippen molar-refractivity contribution in [2.24, 2.45) is 0 Å². The van der Waals surface area contributed by atoms with Gasteiger partial charge in [0.1, 0.15) is 11.6 Å². The summed E-state index contributed by atoms with van der Waals surface area (Å²) >= 11 is 1.29. The van der Waals surface area contributed by atoms with Gasteiger partial charge < -0.3 is 0 Å². The number of carbonyl (C=O) groups excluding carboxylic acids is 1. The van der Waals surface area contributed by atoms with Crippen LogP contribution < -0.4 is 0 Å². The van der Waals surface area contributed by atoms with E-state index in [4.69, 9.17) is 0 Å². The van der Waals surface area contributed by atoms with Gasteiger partial charge in [0, 0.05) is 5.69 Å². The molecule has 0 saturated heterocycles. The predicted octanol–water partition coefficient (Wildman–Crippen LogP) is 4.06. The zero-order chi connectivity index (χ0) is 17.1. The second-order valence-electron chi connectivity index (χ2n) is 5.45. The Labute approximate surface area is 143 Å². The van der Waals surface area contributed by atoms with Gasteiger partial charge in [-0.2, -0.15) is 0 Å². The number of aromatic nitrogens is 3. The molecule has 0 spiro atoms. The highest BCUT2D eigenvalue weighted by Crippen LogP contribution is 2.29. The van der Waals surface area contributed by atoms with Crippen molar-refractivity contribution < 1.29 is 9.18 Å². The van der Waals surface area contributed by atoms with Crippen LogP contribution in [0, 0.1) is 12.7 Å². The molecule has 4 nitrogen and oxygen atoms in total. The van der Waals surface area contributed by atoms with Crippen LogP contribution in [-0.2, 0) is 4.79 Å². The Morgan fingerprint density at radius 2 is 1.83 bits per heavy atom. The van der Waals surface area contributed by atoms with E-state index in [1.807, 2.05) is 31.2 Å². The van der Waals surface area contributed by atoms with Gasteiger partial charge in [-0.3, -0.25) is 9.36 Å². The zero-order valence-electron chi connectivity index (χ0n) is 13.4. The summed E-state index contributed by atoms with van der Waals surface area (Å²) in [6, 6.07) is 14.3. The summed E-state index contributed by atoms with van der Waals surface area (Å²) in [4.78, 5) is 11.3. The standard InChI is InChI=1S/C18H16FN3OS/c1-12-7-9-14(10-8-12)22-17(15-5-3-4-6-16(15)19)20-21-18(22)24-11-13(2)23/h3-10H,11H2,1-2H3. The molecule has 0 amide bonds. The average Bonchev–Trinajstić information content (AvgIpc) is 2.98. The van der Waals surface area contributed by atoms with Gasteiger partial charge >= 0.3 is 0 Å². The van der Waals surface area contributed by atoms with E-state index >= 15 is 0 Å². The third-order valence-electron chi connectivity index (χ3n) is 3.44. The quantitative estimate of drug-likeness (QED) is 0.657. The fourth-order valence-electron chi connectivity index (χ4n) is 2.27. The molecule has 0 atom stereocenters. The van der Waals surface area contributed by atoms with Crippen LogP contribution in [0.1, 0.15) is 12.5 Å². The number of hydrogen-bond acceptors (Lipinski definition) is 4. The van der Waals surface area contributed by atoms with Gasteiger partial charge in [-0.25, -0.2) is 4.39 Å². The van der Waals surface area contributed by atoms with Crippen molar-refractivity contribution >= 4 is 17.5 Å². The fourth-order valence-corrected chi connectivity index (χ4v) is 3.03. The Balaban J connectivity index is 2.14. The number of benzene rings is 2. The first kappa shape index (κ1) is 16.4. The van der Waals surface area contributed by atoms with Crippen molar-refractivity contribution in [3.05, 3.63) is 59.9 Å². The number of thioether (sulfide) groups is 1. The Morgan fingerprint density at radius 3 is 2.50 bits per heavy atom. The predicted molar refractivity (Wildman–Crippen MR) is 92.9 cm³/mol. The molecule has 122 valence electrons. The molecule has 1 aromatic heterocycles. The van der Waals surface area contributed by atoms with Crippen LogP contribution in [0.3, 0.4) is 0 Å². The van der Waals surface area contributed by atoms with Crippen LogP contribution in [0.5, 0.6) is 0 Å². The van der Waals surface area contributed by atoms with Crippen molar-refractivity contribution in [3.63, 3.8) is 0 Å².